The van der Waals surface area contributed by atoms with E-state index < -0.39 is 18.1 Å². The van der Waals surface area contributed by atoms with E-state index >= 15 is 0 Å². The van der Waals surface area contributed by atoms with E-state index in [-0.39, 0.29) is 24.3 Å². The summed E-state index contributed by atoms with van der Waals surface area (Å²) in [7, 11) is 0. The van der Waals surface area contributed by atoms with E-state index in [1.807, 2.05) is 6.07 Å². The topological polar surface area (TPSA) is 66.8 Å². The number of benzene rings is 1. The van der Waals surface area contributed by atoms with Crippen LogP contribution in [0.25, 0.3) is 0 Å². The summed E-state index contributed by atoms with van der Waals surface area (Å²) in [5.41, 5.74) is 1.36. The average Bonchev–Trinajstić information content (AvgIpc) is 3.20. The molecule has 1 aromatic carbocycles. The molecule has 1 fully saturated rings. The molecule has 1 saturated heterocycles. The Hall–Kier alpha value is -1.88. The molecule has 1 heterocycles. The summed E-state index contributed by atoms with van der Waals surface area (Å²) in [6, 6.07) is 10.0. The number of esters is 1. The third-order valence-corrected chi connectivity index (χ3v) is 5.92. The fraction of sp³-hybridized carbons (Fsp3) is 0.667. The van der Waals surface area contributed by atoms with Gasteiger partial charge in [-0.25, -0.2) is 4.79 Å². The van der Waals surface area contributed by atoms with Gasteiger partial charge in [0.1, 0.15) is 0 Å². The summed E-state index contributed by atoms with van der Waals surface area (Å²) in [6.45, 7) is 6.72. The molecule has 29 heavy (non-hydrogen) atoms. The zero-order valence-corrected chi connectivity index (χ0v) is 18.2. The van der Waals surface area contributed by atoms with Gasteiger partial charge in [0.05, 0.1) is 12.6 Å². The standard InChI is InChI=1S/C24H37NO4/c1-4-29-24(28)22(26)21-16-11-17-25(21)23(27)20(18(2)3)15-10-6-9-14-19-12-7-5-8-13-19/h5,7-8,12-13,18,20-22,26H,4,6,9-11,14-17H2,1-3H3/t20-,21-,22?/m0/s1. The summed E-state index contributed by atoms with van der Waals surface area (Å²) in [5, 5.41) is 10.4. The van der Waals surface area contributed by atoms with E-state index in [1.54, 1.807) is 11.8 Å². The van der Waals surface area contributed by atoms with Crippen molar-refractivity contribution in [3.05, 3.63) is 35.9 Å². The number of carbonyl (C=O) groups excluding carboxylic acids is 2. The number of likely N-dealkylation sites (tertiary alicyclic amines) is 1. The highest BCUT2D eigenvalue weighted by molar-refractivity contribution is 5.82. The molecule has 5 heteroatoms. The molecule has 1 N–H and O–H groups in total. The maximum absolute atomic E-state index is 13.2. The number of ether oxygens (including phenoxy) is 1. The predicted octanol–water partition coefficient (Wildman–Crippen LogP) is 3.98. The monoisotopic (exact) mass is 403 g/mol. The molecule has 1 aliphatic heterocycles. The first-order valence-corrected chi connectivity index (χ1v) is 11.1. The van der Waals surface area contributed by atoms with E-state index in [9.17, 15) is 14.7 Å². The van der Waals surface area contributed by atoms with Crippen LogP contribution in [-0.4, -0.2) is 47.2 Å². The Bertz CT molecular complexity index is 631. The minimum Gasteiger partial charge on any atom is -0.464 e. The third kappa shape index (κ3) is 6.84. The van der Waals surface area contributed by atoms with Crippen LogP contribution in [0.15, 0.2) is 30.3 Å². The van der Waals surface area contributed by atoms with Crippen molar-refractivity contribution in [3.63, 3.8) is 0 Å². The van der Waals surface area contributed by atoms with Gasteiger partial charge in [0, 0.05) is 12.5 Å². The first-order valence-electron chi connectivity index (χ1n) is 11.1. The van der Waals surface area contributed by atoms with Crippen molar-refractivity contribution in [2.75, 3.05) is 13.2 Å². The predicted molar refractivity (Wildman–Crippen MR) is 114 cm³/mol. The number of carbonyl (C=O) groups is 2. The lowest BCUT2D eigenvalue weighted by atomic mass is 9.88. The molecule has 1 amide bonds. The summed E-state index contributed by atoms with van der Waals surface area (Å²) < 4.78 is 4.95. The molecular weight excluding hydrogens is 366 g/mol. The third-order valence-electron chi connectivity index (χ3n) is 5.92. The normalized spacial score (nSPS) is 18.7. The van der Waals surface area contributed by atoms with Gasteiger partial charge in [0.2, 0.25) is 5.91 Å². The minimum absolute atomic E-state index is 0.0679. The van der Waals surface area contributed by atoms with Gasteiger partial charge in [0.25, 0.3) is 0 Å². The van der Waals surface area contributed by atoms with Crippen LogP contribution in [0.3, 0.4) is 0 Å². The van der Waals surface area contributed by atoms with Gasteiger partial charge in [-0.2, -0.15) is 0 Å². The maximum atomic E-state index is 13.2. The number of aliphatic hydroxyl groups is 1. The van der Waals surface area contributed by atoms with Gasteiger partial charge in [-0.1, -0.05) is 57.0 Å². The zero-order chi connectivity index (χ0) is 21.2. The highest BCUT2D eigenvalue weighted by Crippen LogP contribution is 2.28. The van der Waals surface area contributed by atoms with Crippen molar-refractivity contribution in [2.45, 2.75) is 77.9 Å². The smallest absolute Gasteiger partial charge is 0.337 e. The number of hydrogen-bond donors (Lipinski definition) is 1. The maximum Gasteiger partial charge on any atom is 0.337 e. The second-order valence-electron chi connectivity index (χ2n) is 8.37. The van der Waals surface area contributed by atoms with Crippen molar-refractivity contribution in [1.29, 1.82) is 0 Å². The molecule has 0 bridgehead atoms. The number of rotatable bonds is 11. The van der Waals surface area contributed by atoms with Crippen LogP contribution in [0.5, 0.6) is 0 Å². The summed E-state index contributed by atoms with van der Waals surface area (Å²) >= 11 is 0. The van der Waals surface area contributed by atoms with Crippen molar-refractivity contribution < 1.29 is 19.4 Å². The molecule has 1 aromatic rings. The SMILES string of the molecule is CCOC(=O)C(O)[C@@H]1CCCN1C(=O)[C@@H](CCCCCc1ccccc1)C(C)C. The number of hydrogen-bond acceptors (Lipinski definition) is 4. The van der Waals surface area contributed by atoms with Crippen LogP contribution in [0.4, 0.5) is 0 Å². The van der Waals surface area contributed by atoms with Gasteiger partial charge >= 0.3 is 5.97 Å². The van der Waals surface area contributed by atoms with Crippen LogP contribution < -0.4 is 0 Å². The fourth-order valence-corrected chi connectivity index (χ4v) is 4.25. The van der Waals surface area contributed by atoms with Crippen molar-refractivity contribution in [3.8, 4) is 0 Å². The molecule has 0 radical (unpaired) electrons. The summed E-state index contributed by atoms with van der Waals surface area (Å²) in [6.07, 6.45) is 5.37. The second-order valence-corrected chi connectivity index (χ2v) is 8.37. The fourth-order valence-electron chi connectivity index (χ4n) is 4.25. The van der Waals surface area contributed by atoms with Gasteiger partial charge in [-0.15, -0.1) is 0 Å². The molecule has 0 saturated carbocycles. The van der Waals surface area contributed by atoms with Crippen LogP contribution in [0.2, 0.25) is 0 Å². The number of amides is 1. The largest absolute Gasteiger partial charge is 0.464 e. The number of aliphatic hydroxyl groups excluding tert-OH is 1. The lowest BCUT2D eigenvalue weighted by Crippen LogP contribution is -2.49. The lowest BCUT2D eigenvalue weighted by molar-refractivity contribution is -0.158. The minimum atomic E-state index is -1.25. The van der Waals surface area contributed by atoms with Crippen LogP contribution >= 0.6 is 0 Å². The van der Waals surface area contributed by atoms with Gasteiger partial charge in [-0.05, 0) is 50.5 Å². The highest BCUT2D eigenvalue weighted by Gasteiger charge is 2.40. The van der Waals surface area contributed by atoms with Gasteiger partial charge in [0.15, 0.2) is 6.10 Å². The Morgan fingerprint density at radius 1 is 1.17 bits per heavy atom. The van der Waals surface area contributed by atoms with E-state index in [4.69, 9.17) is 4.74 Å². The van der Waals surface area contributed by atoms with Crippen molar-refractivity contribution >= 4 is 11.9 Å². The van der Waals surface area contributed by atoms with Crippen LogP contribution in [-0.2, 0) is 20.7 Å². The first kappa shape index (κ1) is 23.4. The molecule has 0 spiro atoms. The molecule has 3 atom stereocenters. The first-order chi connectivity index (χ1) is 14.0. The quantitative estimate of drug-likeness (QED) is 0.448. The van der Waals surface area contributed by atoms with Gasteiger partial charge in [-0.3, -0.25) is 4.79 Å². The van der Waals surface area contributed by atoms with E-state index in [2.05, 4.69) is 38.1 Å². The van der Waals surface area contributed by atoms with Gasteiger partial charge < -0.3 is 14.7 Å². The van der Waals surface area contributed by atoms with E-state index in [0.29, 0.717) is 13.0 Å². The van der Waals surface area contributed by atoms with Crippen molar-refractivity contribution in [1.82, 2.24) is 4.90 Å². The molecule has 162 valence electrons. The molecule has 1 unspecified atom stereocenters. The van der Waals surface area contributed by atoms with Crippen molar-refractivity contribution in [2.24, 2.45) is 11.8 Å². The molecule has 0 aromatic heterocycles. The Morgan fingerprint density at radius 2 is 1.90 bits per heavy atom. The van der Waals surface area contributed by atoms with Crippen LogP contribution in [0.1, 0.15) is 64.9 Å². The molecule has 1 aliphatic rings. The second kappa shape index (κ2) is 12.0. The summed E-state index contributed by atoms with van der Waals surface area (Å²) in [5.74, 6) is -0.382. The molecule has 2 rings (SSSR count). The van der Waals surface area contributed by atoms with E-state index in [1.165, 1.54) is 5.56 Å². The Kier molecular flexibility index (Phi) is 9.65. The number of unbranched alkanes of at least 4 members (excludes halogenated alkanes) is 2. The Balaban J connectivity index is 1.86. The lowest BCUT2D eigenvalue weighted by Gasteiger charge is -2.32. The number of aryl methyl sites for hydroxylation is 1. The summed E-state index contributed by atoms with van der Waals surface area (Å²) in [4.78, 5) is 26.9. The number of nitrogens with zero attached hydrogens (tertiary/aromatic N) is 1. The Labute approximate surface area is 175 Å². The van der Waals surface area contributed by atoms with E-state index in [0.717, 1.165) is 38.5 Å². The zero-order valence-electron chi connectivity index (χ0n) is 18.2. The molecular formula is C24H37NO4. The average molecular weight is 404 g/mol. The molecule has 0 aliphatic carbocycles. The van der Waals surface area contributed by atoms with Crippen LogP contribution in [0, 0.1) is 11.8 Å². The highest BCUT2D eigenvalue weighted by atomic mass is 16.5. The Morgan fingerprint density at radius 3 is 2.55 bits per heavy atom. The molecule has 5 nitrogen and oxygen atoms in total.